The van der Waals surface area contributed by atoms with E-state index in [0.717, 1.165) is 21.7 Å². The number of sulfonamides is 1. The second kappa shape index (κ2) is 9.15. The molecule has 0 saturated carbocycles. The van der Waals surface area contributed by atoms with Gasteiger partial charge in [0.2, 0.25) is 10.0 Å². The highest BCUT2D eigenvalue weighted by atomic mass is 79.9. The van der Waals surface area contributed by atoms with Crippen LogP contribution in [0.1, 0.15) is 36.7 Å². The normalized spacial score (nSPS) is 11.8. The van der Waals surface area contributed by atoms with Gasteiger partial charge in [0.1, 0.15) is 0 Å². The Bertz CT molecular complexity index is 1360. The number of benzene rings is 3. The summed E-state index contributed by atoms with van der Waals surface area (Å²) in [5.74, 6) is -1.48. The smallest absolute Gasteiger partial charge is 0.296 e. The topological polar surface area (TPSA) is 102 Å². The second-order valence-electron chi connectivity index (χ2n) is 8.65. The van der Waals surface area contributed by atoms with Gasteiger partial charge in [-0.15, -0.1) is 0 Å². The van der Waals surface area contributed by atoms with Crippen LogP contribution in [0.4, 0.5) is 11.4 Å². The number of nitrogens with one attached hydrogen (secondary N) is 2. The van der Waals surface area contributed by atoms with Crippen molar-refractivity contribution in [2.24, 2.45) is 0 Å². The SMILES string of the molecule is COc1c(NC(=O)C(=O)c2ccc(Br)c3ccccc23)cc(C(C)(C)C)cc1NS(C)(=O)=O. The molecule has 0 unspecified atom stereocenters. The maximum absolute atomic E-state index is 13.1. The highest BCUT2D eigenvalue weighted by Gasteiger charge is 2.25. The van der Waals surface area contributed by atoms with Crippen LogP contribution >= 0.6 is 15.9 Å². The molecule has 0 aromatic heterocycles. The van der Waals surface area contributed by atoms with Crippen molar-refractivity contribution in [3.63, 3.8) is 0 Å². The molecule has 9 heteroatoms. The molecule has 7 nitrogen and oxygen atoms in total. The molecule has 2 N–H and O–H groups in total. The number of carbonyl (C=O) groups is 2. The van der Waals surface area contributed by atoms with E-state index in [1.165, 1.54) is 7.11 Å². The van der Waals surface area contributed by atoms with Crippen LogP contribution in [0.15, 0.2) is 53.0 Å². The van der Waals surface area contributed by atoms with Gasteiger partial charge in [0, 0.05) is 10.0 Å². The van der Waals surface area contributed by atoms with Gasteiger partial charge < -0.3 is 10.1 Å². The Hall–Kier alpha value is -2.91. The lowest BCUT2D eigenvalue weighted by Gasteiger charge is -2.23. The first-order chi connectivity index (χ1) is 15.3. The number of hydrogen-bond donors (Lipinski definition) is 2. The molecule has 0 aliphatic rings. The lowest BCUT2D eigenvalue weighted by atomic mass is 9.86. The summed E-state index contributed by atoms with van der Waals surface area (Å²) in [6, 6.07) is 13.9. The molecule has 0 saturated heterocycles. The second-order valence-corrected chi connectivity index (χ2v) is 11.3. The first kappa shape index (κ1) is 24.7. The largest absolute Gasteiger partial charge is 0.492 e. The molecule has 3 aromatic rings. The molecular weight excluding hydrogens is 508 g/mol. The summed E-state index contributed by atoms with van der Waals surface area (Å²) in [5, 5.41) is 4.07. The standard InChI is InChI=1S/C24H25BrN2O5S/c1-24(2,3)14-12-19(22(32-4)20(13-14)27-33(5,30)31)26-23(29)21(28)17-10-11-18(25)16-9-7-6-8-15(16)17/h6-13,27H,1-5H3,(H,26,29). The maximum Gasteiger partial charge on any atom is 0.296 e. The van der Waals surface area contributed by atoms with Crippen LogP contribution in [0.3, 0.4) is 0 Å². The first-order valence-electron chi connectivity index (χ1n) is 10.0. The number of fused-ring (bicyclic) bond motifs is 1. The highest BCUT2D eigenvalue weighted by molar-refractivity contribution is 9.10. The van der Waals surface area contributed by atoms with E-state index in [2.05, 4.69) is 26.0 Å². The summed E-state index contributed by atoms with van der Waals surface area (Å²) >= 11 is 3.46. The lowest BCUT2D eigenvalue weighted by molar-refractivity contribution is -0.112. The van der Waals surface area contributed by atoms with Gasteiger partial charge in [-0.3, -0.25) is 14.3 Å². The van der Waals surface area contributed by atoms with Crippen molar-refractivity contribution in [1.29, 1.82) is 0 Å². The molecule has 0 atom stereocenters. The van der Waals surface area contributed by atoms with E-state index in [0.29, 0.717) is 5.39 Å². The van der Waals surface area contributed by atoms with Crippen molar-refractivity contribution < 1.29 is 22.7 Å². The van der Waals surface area contributed by atoms with E-state index in [9.17, 15) is 18.0 Å². The van der Waals surface area contributed by atoms with Crippen molar-refractivity contribution in [1.82, 2.24) is 0 Å². The molecule has 0 spiro atoms. The van der Waals surface area contributed by atoms with Crippen LogP contribution in [-0.2, 0) is 20.2 Å². The van der Waals surface area contributed by atoms with Gasteiger partial charge in [-0.05, 0) is 46.0 Å². The average Bonchev–Trinajstić information content (AvgIpc) is 2.72. The number of Topliss-reactive ketones (excluding diaryl/α,β-unsaturated/α-hetero) is 1. The van der Waals surface area contributed by atoms with Crippen molar-refractivity contribution in [2.75, 3.05) is 23.4 Å². The van der Waals surface area contributed by atoms with Crippen molar-refractivity contribution in [2.45, 2.75) is 26.2 Å². The number of ether oxygens (including phenoxy) is 1. The molecule has 0 heterocycles. The Labute approximate surface area is 201 Å². The Morgan fingerprint density at radius 3 is 2.15 bits per heavy atom. The summed E-state index contributed by atoms with van der Waals surface area (Å²) in [6.45, 7) is 5.84. The third kappa shape index (κ3) is 5.54. The van der Waals surface area contributed by atoms with Crippen LogP contribution in [0, 0.1) is 0 Å². The van der Waals surface area contributed by atoms with Crippen molar-refractivity contribution in [3.8, 4) is 5.75 Å². The van der Waals surface area contributed by atoms with Crippen LogP contribution in [0.25, 0.3) is 10.8 Å². The molecule has 174 valence electrons. The van der Waals surface area contributed by atoms with E-state index < -0.39 is 21.7 Å². The minimum absolute atomic E-state index is 0.107. The van der Waals surface area contributed by atoms with Gasteiger partial charge in [0.15, 0.2) is 5.75 Å². The Kier molecular flexibility index (Phi) is 6.85. The number of rotatable bonds is 6. The summed E-state index contributed by atoms with van der Waals surface area (Å²) < 4.78 is 32.4. The molecule has 33 heavy (non-hydrogen) atoms. The summed E-state index contributed by atoms with van der Waals surface area (Å²) in [6.07, 6.45) is 1.02. The minimum atomic E-state index is -3.62. The zero-order valence-corrected chi connectivity index (χ0v) is 21.3. The highest BCUT2D eigenvalue weighted by Crippen LogP contribution is 2.39. The molecule has 3 rings (SSSR count). The first-order valence-corrected chi connectivity index (χ1v) is 12.7. The van der Waals surface area contributed by atoms with Gasteiger partial charge in [-0.1, -0.05) is 61.0 Å². The van der Waals surface area contributed by atoms with E-state index in [1.54, 1.807) is 36.4 Å². The number of methoxy groups -OCH3 is 1. The van der Waals surface area contributed by atoms with E-state index >= 15 is 0 Å². The fourth-order valence-electron chi connectivity index (χ4n) is 3.41. The molecule has 1 amide bonds. The van der Waals surface area contributed by atoms with E-state index in [4.69, 9.17) is 4.74 Å². The molecule has 0 radical (unpaired) electrons. The van der Waals surface area contributed by atoms with E-state index in [-0.39, 0.29) is 28.1 Å². The van der Waals surface area contributed by atoms with Gasteiger partial charge in [0.25, 0.3) is 11.7 Å². The summed E-state index contributed by atoms with van der Waals surface area (Å²) in [7, 11) is -2.26. The molecule has 0 bridgehead atoms. The Morgan fingerprint density at radius 2 is 1.58 bits per heavy atom. The number of amides is 1. The number of anilines is 2. The summed E-state index contributed by atoms with van der Waals surface area (Å²) in [4.78, 5) is 26.1. The fourth-order valence-corrected chi connectivity index (χ4v) is 4.44. The van der Waals surface area contributed by atoms with Gasteiger partial charge >= 0.3 is 0 Å². The Balaban J connectivity index is 2.07. The third-order valence-electron chi connectivity index (χ3n) is 5.02. The zero-order chi connectivity index (χ0) is 24.6. The predicted octanol–water partition coefficient (Wildman–Crippen LogP) is 5.10. The zero-order valence-electron chi connectivity index (χ0n) is 18.9. The number of carbonyl (C=O) groups excluding carboxylic acids is 2. The number of hydrogen-bond acceptors (Lipinski definition) is 5. The average molecular weight is 533 g/mol. The van der Waals surface area contributed by atoms with Crippen molar-refractivity contribution in [3.05, 3.63) is 64.1 Å². The summed E-state index contributed by atoms with van der Waals surface area (Å²) in [5.41, 5.74) is 0.990. The monoisotopic (exact) mass is 532 g/mol. The van der Waals surface area contributed by atoms with Crippen LogP contribution in [-0.4, -0.2) is 33.5 Å². The fraction of sp³-hybridized carbons (Fsp3) is 0.250. The molecule has 0 fully saturated rings. The van der Waals surface area contributed by atoms with Crippen LogP contribution in [0.5, 0.6) is 5.75 Å². The third-order valence-corrected chi connectivity index (χ3v) is 6.31. The van der Waals surface area contributed by atoms with Gasteiger partial charge in [-0.2, -0.15) is 0 Å². The van der Waals surface area contributed by atoms with Crippen LogP contribution < -0.4 is 14.8 Å². The number of ketones is 1. The number of halogens is 1. The maximum atomic E-state index is 13.1. The molecule has 0 aliphatic carbocycles. The molecule has 0 aliphatic heterocycles. The van der Waals surface area contributed by atoms with Gasteiger partial charge in [-0.25, -0.2) is 8.42 Å². The minimum Gasteiger partial charge on any atom is -0.492 e. The molecule has 3 aromatic carbocycles. The molecular formula is C24H25BrN2O5S. The van der Waals surface area contributed by atoms with Crippen LogP contribution in [0.2, 0.25) is 0 Å². The van der Waals surface area contributed by atoms with E-state index in [1.807, 2.05) is 32.9 Å². The Morgan fingerprint density at radius 1 is 0.970 bits per heavy atom. The van der Waals surface area contributed by atoms with Crippen molar-refractivity contribution >= 4 is 59.8 Å². The predicted molar refractivity (Wildman–Crippen MR) is 135 cm³/mol. The lowest BCUT2D eigenvalue weighted by Crippen LogP contribution is -2.24. The quantitative estimate of drug-likeness (QED) is 0.339. The van der Waals surface area contributed by atoms with Gasteiger partial charge in [0.05, 0.1) is 24.7 Å².